The topological polar surface area (TPSA) is 79.7 Å². The van der Waals surface area contributed by atoms with Crippen LogP contribution in [0.3, 0.4) is 0 Å². The first-order chi connectivity index (χ1) is 12.2. The number of aromatic amines is 1. The minimum Gasteiger partial charge on any atom is -0.339 e. The summed E-state index contributed by atoms with van der Waals surface area (Å²) in [6.45, 7) is 6.46. The van der Waals surface area contributed by atoms with Crippen LogP contribution in [0.15, 0.2) is 24.7 Å². The molecule has 130 valence electrons. The van der Waals surface area contributed by atoms with Crippen LogP contribution < -0.4 is 0 Å². The fourth-order valence-corrected chi connectivity index (χ4v) is 3.71. The van der Waals surface area contributed by atoms with Gasteiger partial charge in [0.2, 0.25) is 0 Å². The molecule has 4 rings (SSSR count). The largest absolute Gasteiger partial charge is 0.339 e. The van der Waals surface area contributed by atoms with Crippen molar-refractivity contribution in [2.45, 2.75) is 39.2 Å². The van der Waals surface area contributed by atoms with Crippen LogP contribution >= 0.6 is 0 Å². The van der Waals surface area contributed by atoms with Crippen molar-refractivity contribution in [2.75, 3.05) is 13.1 Å². The number of likely N-dealkylation sites (tertiary alicyclic amines) is 1. The summed E-state index contributed by atoms with van der Waals surface area (Å²) in [5, 5.41) is 16.3. The standard InChI is InChI=1S/C18H22N6O/c1-3-23-11-20-22-17(23)13-4-6-24(7-5-13)18(25)15-9-12(2)8-14-10-19-21-16(14)15/h8-11,13H,3-7H2,1-2H3,(H,19,21). The molecule has 1 aromatic carbocycles. The molecule has 0 saturated carbocycles. The van der Waals surface area contributed by atoms with Gasteiger partial charge in [0.05, 0.1) is 17.3 Å². The van der Waals surface area contributed by atoms with Gasteiger partial charge < -0.3 is 9.47 Å². The van der Waals surface area contributed by atoms with E-state index in [1.807, 2.05) is 24.0 Å². The van der Waals surface area contributed by atoms with Gasteiger partial charge in [-0.3, -0.25) is 9.89 Å². The summed E-state index contributed by atoms with van der Waals surface area (Å²) in [6, 6.07) is 3.99. The Bertz CT molecular complexity index is 903. The zero-order valence-corrected chi connectivity index (χ0v) is 14.6. The van der Waals surface area contributed by atoms with Crippen LogP contribution in [0.25, 0.3) is 10.9 Å². The van der Waals surface area contributed by atoms with Crippen LogP contribution in [0.1, 0.15) is 47.4 Å². The van der Waals surface area contributed by atoms with Crippen molar-refractivity contribution in [1.82, 2.24) is 29.9 Å². The molecule has 1 N–H and O–H groups in total. The van der Waals surface area contributed by atoms with Crippen molar-refractivity contribution in [2.24, 2.45) is 0 Å². The van der Waals surface area contributed by atoms with E-state index in [1.54, 1.807) is 12.5 Å². The molecule has 0 unspecified atom stereocenters. The number of hydrogen-bond acceptors (Lipinski definition) is 4. The molecule has 7 nitrogen and oxygen atoms in total. The average Bonchev–Trinajstić information content (AvgIpc) is 3.29. The Morgan fingerprint density at radius 1 is 1.32 bits per heavy atom. The molecule has 1 aliphatic heterocycles. The lowest BCUT2D eigenvalue weighted by molar-refractivity contribution is 0.0712. The second-order valence-electron chi connectivity index (χ2n) is 6.69. The molecule has 0 atom stereocenters. The van der Waals surface area contributed by atoms with Crippen molar-refractivity contribution < 1.29 is 4.79 Å². The van der Waals surface area contributed by atoms with Gasteiger partial charge in [-0.05, 0) is 44.4 Å². The first kappa shape index (κ1) is 15.8. The lowest BCUT2D eigenvalue weighted by atomic mass is 9.95. The monoisotopic (exact) mass is 338 g/mol. The van der Waals surface area contributed by atoms with Crippen molar-refractivity contribution in [3.8, 4) is 0 Å². The molecular formula is C18H22N6O. The van der Waals surface area contributed by atoms with E-state index in [1.165, 1.54) is 0 Å². The van der Waals surface area contributed by atoms with Gasteiger partial charge in [0, 0.05) is 30.9 Å². The van der Waals surface area contributed by atoms with Crippen molar-refractivity contribution in [3.63, 3.8) is 0 Å². The molecule has 0 aliphatic carbocycles. The third-order valence-corrected chi connectivity index (χ3v) is 5.06. The zero-order chi connectivity index (χ0) is 17.4. The number of aromatic nitrogens is 5. The number of nitrogens with zero attached hydrogens (tertiary/aromatic N) is 5. The third-order valence-electron chi connectivity index (χ3n) is 5.06. The van der Waals surface area contributed by atoms with Gasteiger partial charge in [-0.15, -0.1) is 10.2 Å². The quantitative estimate of drug-likeness (QED) is 0.796. The summed E-state index contributed by atoms with van der Waals surface area (Å²) in [4.78, 5) is 15.0. The molecule has 3 aromatic rings. The number of piperidine rings is 1. The van der Waals surface area contributed by atoms with Crippen molar-refractivity contribution in [1.29, 1.82) is 0 Å². The molecule has 1 fully saturated rings. The van der Waals surface area contributed by atoms with E-state index in [0.717, 1.165) is 54.8 Å². The fourth-order valence-electron chi connectivity index (χ4n) is 3.71. The molecule has 0 bridgehead atoms. The van der Waals surface area contributed by atoms with Crippen LogP contribution in [0.4, 0.5) is 0 Å². The summed E-state index contributed by atoms with van der Waals surface area (Å²) in [7, 11) is 0. The van der Waals surface area contributed by atoms with Crippen LogP contribution in [0.2, 0.25) is 0 Å². The van der Waals surface area contributed by atoms with Gasteiger partial charge in [-0.2, -0.15) is 5.10 Å². The predicted octanol–water partition coefficient (Wildman–Crippen LogP) is 2.50. The lowest BCUT2D eigenvalue weighted by Crippen LogP contribution is -2.38. The summed E-state index contributed by atoms with van der Waals surface area (Å²) in [5.41, 5.74) is 2.61. The normalized spacial score (nSPS) is 15.8. The molecule has 25 heavy (non-hydrogen) atoms. The molecule has 2 aromatic heterocycles. The number of carbonyl (C=O) groups is 1. The number of nitrogens with one attached hydrogen (secondary N) is 1. The van der Waals surface area contributed by atoms with E-state index in [2.05, 4.69) is 31.9 Å². The smallest absolute Gasteiger partial charge is 0.256 e. The van der Waals surface area contributed by atoms with E-state index in [0.29, 0.717) is 11.5 Å². The summed E-state index contributed by atoms with van der Waals surface area (Å²) in [5.74, 6) is 1.49. The van der Waals surface area contributed by atoms with Gasteiger partial charge in [0.1, 0.15) is 12.2 Å². The third kappa shape index (κ3) is 2.79. The van der Waals surface area contributed by atoms with Crippen molar-refractivity contribution in [3.05, 3.63) is 41.6 Å². The maximum Gasteiger partial charge on any atom is 0.256 e. The molecule has 1 saturated heterocycles. The first-order valence-electron chi connectivity index (χ1n) is 8.78. The second-order valence-corrected chi connectivity index (χ2v) is 6.69. The number of benzene rings is 1. The van der Waals surface area contributed by atoms with Gasteiger partial charge in [-0.1, -0.05) is 0 Å². The van der Waals surface area contributed by atoms with Crippen LogP contribution in [-0.2, 0) is 6.54 Å². The van der Waals surface area contributed by atoms with Crippen molar-refractivity contribution >= 4 is 16.8 Å². The van der Waals surface area contributed by atoms with E-state index in [9.17, 15) is 4.79 Å². The number of rotatable bonds is 3. The molecule has 3 heterocycles. The number of H-pyrrole nitrogens is 1. The van der Waals surface area contributed by atoms with Crippen LogP contribution in [0, 0.1) is 6.92 Å². The molecule has 1 aliphatic rings. The Balaban J connectivity index is 1.52. The minimum absolute atomic E-state index is 0.0772. The summed E-state index contributed by atoms with van der Waals surface area (Å²) < 4.78 is 2.09. The highest BCUT2D eigenvalue weighted by Gasteiger charge is 2.28. The maximum absolute atomic E-state index is 13.0. The highest BCUT2D eigenvalue weighted by atomic mass is 16.2. The Hall–Kier alpha value is -2.70. The maximum atomic E-state index is 13.0. The minimum atomic E-state index is 0.0772. The highest BCUT2D eigenvalue weighted by molar-refractivity contribution is 6.05. The van der Waals surface area contributed by atoms with Gasteiger partial charge in [-0.25, -0.2) is 0 Å². The fraction of sp³-hybridized carbons (Fsp3) is 0.444. The van der Waals surface area contributed by atoms with Crippen LogP contribution in [-0.4, -0.2) is 48.9 Å². The molecule has 1 amide bonds. The Morgan fingerprint density at radius 3 is 2.88 bits per heavy atom. The predicted molar refractivity (Wildman–Crippen MR) is 94.4 cm³/mol. The molecule has 7 heteroatoms. The van der Waals surface area contributed by atoms with E-state index >= 15 is 0 Å². The number of amides is 1. The SMILES string of the molecule is CCn1cnnc1C1CCN(C(=O)c2cc(C)cc3cn[nH]c23)CC1. The van der Waals surface area contributed by atoms with E-state index < -0.39 is 0 Å². The summed E-state index contributed by atoms with van der Waals surface area (Å²) >= 11 is 0. The average molecular weight is 338 g/mol. The number of hydrogen-bond donors (Lipinski definition) is 1. The molecular weight excluding hydrogens is 316 g/mol. The first-order valence-corrected chi connectivity index (χ1v) is 8.78. The lowest BCUT2D eigenvalue weighted by Gasteiger charge is -2.31. The second kappa shape index (κ2) is 6.31. The highest BCUT2D eigenvalue weighted by Crippen LogP contribution is 2.28. The number of aryl methyl sites for hydroxylation is 2. The summed E-state index contributed by atoms with van der Waals surface area (Å²) in [6.07, 6.45) is 5.39. The zero-order valence-electron chi connectivity index (χ0n) is 14.6. The Labute approximate surface area is 146 Å². The number of carbonyl (C=O) groups excluding carboxylic acids is 1. The Morgan fingerprint density at radius 2 is 2.12 bits per heavy atom. The van der Waals surface area contributed by atoms with E-state index in [-0.39, 0.29) is 5.91 Å². The van der Waals surface area contributed by atoms with Crippen LogP contribution in [0.5, 0.6) is 0 Å². The molecule has 0 radical (unpaired) electrons. The number of fused-ring (bicyclic) bond motifs is 1. The van der Waals surface area contributed by atoms with Gasteiger partial charge in [0.15, 0.2) is 0 Å². The van der Waals surface area contributed by atoms with E-state index in [4.69, 9.17) is 0 Å². The Kier molecular flexibility index (Phi) is 3.99. The van der Waals surface area contributed by atoms with Gasteiger partial charge in [0.25, 0.3) is 5.91 Å². The van der Waals surface area contributed by atoms with Gasteiger partial charge >= 0.3 is 0 Å². The molecule has 0 spiro atoms.